The monoisotopic (exact) mass is 110 g/mol. The molecule has 37 valence electrons. The molecule has 0 heterocycles. The Morgan fingerprint density at radius 2 is 2.14 bits per heavy atom. The van der Waals surface area contributed by atoms with Crippen molar-refractivity contribution in [3.63, 3.8) is 0 Å². The fourth-order valence-electron chi connectivity index (χ4n) is 0.112. The molecule has 0 aliphatic carbocycles. The van der Waals surface area contributed by atoms with Crippen molar-refractivity contribution >= 4 is 8.80 Å². The van der Waals surface area contributed by atoms with E-state index in [-0.39, 0.29) is 0 Å². The molecule has 0 aromatic rings. The molecule has 0 aliphatic heterocycles. The Labute approximate surface area is 45.9 Å². The highest BCUT2D eigenvalue weighted by Gasteiger charge is 1.96. The third-order valence-electron chi connectivity index (χ3n) is 0.739. The van der Waals surface area contributed by atoms with Gasteiger partial charge in [-0.15, -0.1) is 0 Å². The van der Waals surface area contributed by atoms with Gasteiger partial charge in [0, 0.05) is 5.20 Å². The van der Waals surface area contributed by atoms with Crippen LogP contribution in [0.1, 0.15) is 0 Å². The fraction of sp³-hybridized carbons (Fsp3) is 0.400. The van der Waals surface area contributed by atoms with E-state index < -0.39 is 8.80 Å². The zero-order valence-electron chi connectivity index (χ0n) is 4.65. The van der Waals surface area contributed by atoms with Crippen molar-refractivity contribution in [2.24, 2.45) is 0 Å². The van der Waals surface area contributed by atoms with Crippen LogP contribution >= 0.6 is 0 Å². The molecule has 0 aromatic heterocycles. The Morgan fingerprint density at radius 3 is 2.14 bits per heavy atom. The van der Waals surface area contributed by atoms with Gasteiger partial charge in [0.2, 0.25) is 0 Å². The first-order chi connectivity index (χ1) is 3.18. The summed E-state index contributed by atoms with van der Waals surface area (Å²) in [6, 6.07) is 2.02. The molecule has 0 bridgehead atoms. The summed E-state index contributed by atoms with van der Waals surface area (Å²) in [5.74, 6) is 0. The minimum Gasteiger partial charge on any atom is -0.193 e. The topological polar surface area (TPSA) is 23.8 Å². The Balaban J connectivity index is 3.64. The highest BCUT2D eigenvalue weighted by molar-refractivity contribution is 6.65. The van der Waals surface area contributed by atoms with Gasteiger partial charge in [0.05, 0.1) is 14.9 Å². The molecule has 1 nitrogen and oxygen atoms in total. The van der Waals surface area contributed by atoms with Gasteiger partial charge in [0.25, 0.3) is 0 Å². The second-order valence-corrected chi connectivity index (χ2v) is 4.19. The lowest BCUT2D eigenvalue weighted by atomic mass is 10.7. The summed E-state index contributed by atoms with van der Waals surface area (Å²) in [5.41, 5.74) is 0. The van der Waals surface area contributed by atoms with Crippen LogP contribution in [-0.4, -0.2) is 8.80 Å². The summed E-state index contributed by atoms with van der Waals surface area (Å²) in [6.07, 6.45) is 0. The van der Waals surface area contributed by atoms with Crippen LogP contribution in [0.5, 0.6) is 0 Å². The van der Waals surface area contributed by atoms with E-state index in [1.807, 2.05) is 6.07 Å². The fourth-order valence-corrected chi connectivity index (χ4v) is 0.335. The molecular formula is C5H8NSi. The number of allylic oxidation sites excluding steroid dienone is 1. The first kappa shape index (κ1) is 6.45. The summed E-state index contributed by atoms with van der Waals surface area (Å²) in [6.45, 7) is 7.66. The molecule has 1 radical (unpaired) electrons. The molecular weight excluding hydrogens is 102 g/mol. The minimum absolute atomic E-state index is 0.519. The Morgan fingerprint density at radius 1 is 1.71 bits per heavy atom. The second kappa shape index (κ2) is 2.59. The summed E-state index contributed by atoms with van der Waals surface area (Å²) >= 11 is 0. The van der Waals surface area contributed by atoms with E-state index in [4.69, 9.17) is 5.26 Å². The van der Waals surface area contributed by atoms with Crippen LogP contribution in [0.25, 0.3) is 0 Å². The van der Waals surface area contributed by atoms with Crippen molar-refractivity contribution in [2.45, 2.75) is 13.1 Å². The van der Waals surface area contributed by atoms with Crippen molar-refractivity contribution in [3.05, 3.63) is 11.8 Å². The van der Waals surface area contributed by atoms with Crippen LogP contribution in [-0.2, 0) is 0 Å². The van der Waals surface area contributed by atoms with Gasteiger partial charge in [-0.3, -0.25) is 0 Å². The van der Waals surface area contributed by atoms with E-state index in [2.05, 4.69) is 19.7 Å². The van der Waals surface area contributed by atoms with E-state index in [0.717, 1.165) is 5.20 Å². The Hall–Kier alpha value is -0.553. The summed E-state index contributed by atoms with van der Waals surface area (Å²) in [7, 11) is -0.519. The molecule has 7 heavy (non-hydrogen) atoms. The van der Waals surface area contributed by atoms with Gasteiger partial charge < -0.3 is 0 Å². The van der Waals surface area contributed by atoms with E-state index >= 15 is 0 Å². The Bertz CT molecular complexity index is 110. The molecule has 0 unspecified atom stereocenters. The smallest absolute Gasteiger partial charge is 0.0926 e. The average Bonchev–Trinajstić information content (AvgIpc) is 1.65. The number of rotatable bonds is 1. The number of nitrogens with zero attached hydrogens (tertiary/aromatic N) is 1. The SMILES string of the molecule is C=C(C#N)[Si](C)C. The van der Waals surface area contributed by atoms with E-state index in [9.17, 15) is 0 Å². The third-order valence-corrected chi connectivity index (χ3v) is 2.06. The molecule has 0 saturated carbocycles. The first-order valence-corrected chi connectivity index (χ1v) is 4.58. The minimum atomic E-state index is -0.519. The number of hydrogen-bond acceptors (Lipinski definition) is 1. The molecule has 0 saturated heterocycles. The summed E-state index contributed by atoms with van der Waals surface area (Å²) in [5, 5.41) is 8.94. The molecule has 0 amide bonds. The van der Waals surface area contributed by atoms with Crippen molar-refractivity contribution in [1.82, 2.24) is 0 Å². The largest absolute Gasteiger partial charge is 0.193 e. The van der Waals surface area contributed by atoms with Gasteiger partial charge in [0.15, 0.2) is 0 Å². The molecule has 0 fully saturated rings. The van der Waals surface area contributed by atoms with Gasteiger partial charge in [-0.25, -0.2) is 0 Å². The van der Waals surface area contributed by atoms with Crippen LogP contribution in [0, 0.1) is 11.3 Å². The maximum atomic E-state index is 8.18. The zero-order valence-corrected chi connectivity index (χ0v) is 5.65. The van der Waals surface area contributed by atoms with E-state index in [1.54, 1.807) is 0 Å². The molecule has 2 heteroatoms. The van der Waals surface area contributed by atoms with Crippen LogP contribution in [0.15, 0.2) is 11.8 Å². The maximum Gasteiger partial charge on any atom is 0.0926 e. The van der Waals surface area contributed by atoms with Crippen LogP contribution in [0.3, 0.4) is 0 Å². The third kappa shape index (κ3) is 2.18. The van der Waals surface area contributed by atoms with Gasteiger partial charge in [-0.1, -0.05) is 19.7 Å². The van der Waals surface area contributed by atoms with Crippen molar-refractivity contribution < 1.29 is 0 Å². The average molecular weight is 110 g/mol. The van der Waals surface area contributed by atoms with E-state index in [0.29, 0.717) is 0 Å². The second-order valence-electron chi connectivity index (χ2n) is 1.59. The standard InChI is InChI=1S/C5H8NSi/c1-5(4-6)7(2)3/h1H2,2-3H3. The zero-order chi connectivity index (χ0) is 5.86. The number of hydrogen-bond donors (Lipinski definition) is 0. The van der Waals surface area contributed by atoms with Gasteiger partial charge in [-0.2, -0.15) is 5.26 Å². The molecule has 0 rings (SSSR count). The quantitative estimate of drug-likeness (QED) is 0.369. The lowest BCUT2D eigenvalue weighted by Crippen LogP contribution is -2.00. The normalized spacial score (nSPS) is 8.29. The molecule has 0 N–H and O–H groups in total. The molecule has 0 spiro atoms. The maximum absolute atomic E-state index is 8.18. The highest BCUT2D eigenvalue weighted by Crippen LogP contribution is 1.92. The molecule has 0 aliphatic rings. The Kier molecular flexibility index (Phi) is 2.39. The van der Waals surface area contributed by atoms with Crippen LogP contribution < -0.4 is 0 Å². The highest BCUT2D eigenvalue weighted by atomic mass is 28.3. The van der Waals surface area contributed by atoms with Crippen LogP contribution in [0.4, 0.5) is 0 Å². The van der Waals surface area contributed by atoms with E-state index in [1.165, 1.54) is 0 Å². The van der Waals surface area contributed by atoms with Gasteiger partial charge in [-0.05, 0) is 0 Å². The van der Waals surface area contributed by atoms with Crippen molar-refractivity contribution in [3.8, 4) is 6.07 Å². The lowest BCUT2D eigenvalue weighted by molar-refractivity contribution is 1.52. The lowest BCUT2D eigenvalue weighted by Gasteiger charge is -1.91. The summed E-state index contributed by atoms with van der Waals surface area (Å²) in [4.78, 5) is 0. The van der Waals surface area contributed by atoms with Gasteiger partial charge >= 0.3 is 0 Å². The van der Waals surface area contributed by atoms with Crippen LogP contribution in [0.2, 0.25) is 13.1 Å². The predicted molar refractivity (Wildman–Crippen MR) is 32.2 cm³/mol. The predicted octanol–water partition coefficient (Wildman–Crippen LogP) is 1.36. The van der Waals surface area contributed by atoms with Crippen molar-refractivity contribution in [1.29, 1.82) is 5.26 Å². The molecule has 0 aromatic carbocycles. The summed E-state index contributed by atoms with van der Waals surface area (Å²) < 4.78 is 0. The molecule has 0 atom stereocenters. The van der Waals surface area contributed by atoms with Crippen molar-refractivity contribution in [2.75, 3.05) is 0 Å². The van der Waals surface area contributed by atoms with Gasteiger partial charge in [0.1, 0.15) is 0 Å². The number of nitriles is 1. The first-order valence-electron chi connectivity index (χ1n) is 2.08.